The van der Waals surface area contributed by atoms with Crippen LogP contribution in [-0.4, -0.2) is 89.1 Å². The highest BCUT2D eigenvalue weighted by atomic mass is 31.3. The third-order valence-corrected chi connectivity index (χ3v) is 9.41. The Hall–Kier alpha value is -3.17. The number of imidazole rings is 1. The molecule has 23 heteroatoms. The van der Waals surface area contributed by atoms with Crippen molar-refractivity contribution >= 4 is 44.5 Å². The molecule has 21 nitrogen and oxygen atoms in total. The first-order chi connectivity index (χ1) is 20.6. The number of aliphatic hydroxyl groups is 2. The molecular weight excluding hydrogens is 632 g/mol. The van der Waals surface area contributed by atoms with Crippen molar-refractivity contribution in [1.29, 1.82) is 0 Å². The molecule has 240 valence electrons. The Bertz CT molecular complexity index is 1640. The molecule has 1 amide bonds. The lowest BCUT2D eigenvalue weighted by molar-refractivity contribution is -0.765. The Morgan fingerprint density at radius 1 is 1.09 bits per heavy atom. The second kappa shape index (κ2) is 12.3. The molecule has 12 N–H and O–H groups in total. The van der Waals surface area contributed by atoms with Crippen molar-refractivity contribution in [2.45, 2.75) is 49.3 Å². The van der Waals surface area contributed by atoms with Crippen LogP contribution in [0.1, 0.15) is 29.2 Å². The minimum Gasteiger partial charge on any atom is -0.387 e. The summed E-state index contributed by atoms with van der Waals surface area (Å²) in [5, 5.41) is 20.7. The highest BCUT2D eigenvalue weighted by molar-refractivity contribution is 7.61. The van der Waals surface area contributed by atoms with Gasteiger partial charge in [0.2, 0.25) is 5.95 Å². The molecule has 2 fully saturated rings. The molecule has 0 bridgehead atoms. The summed E-state index contributed by atoms with van der Waals surface area (Å²) < 4.78 is 52.9. The number of carbonyl (C=O) groups is 1. The van der Waals surface area contributed by atoms with Gasteiger partial charge in [0.25, 0.3) is 12.1 Å². The van der Waals surface area contributed by atoms with Gasteiger partial charge in [-0.05, 0) is 6.07 Å². The second-order valence-electron chi connectivity index (χ2n) is 9.88. The molecule has 5 rings (SSSR count). The Morgan fingerprint density at radius 3 is 2.45 bits per heavy atom. The maximum absolute atomic E-state index is 12.5. The summed E-state index contributed by atoms with van der Waals surface area (Å²) >= 11 is 0. The normalized spacial score (nSPS) is 29.9. The van der Waals surface area contributed by atoms with Crippen molar-refractivity contribution in [2.75, 3.05) is 24.7 Å². The molecule has 0 aliphatic carbocycles. The Labute approximate surface area is 247 Å². The van der Waals surface area contributed by atoms with Gasteiger partial charge in [-0.3, -0.25) is 18.4 Å². The van der Waals surface area contributed by atoms with Crippen LogP contribution in [0.5, 0.6) is 0 Å². The molecule has 0 aromatic carbocycles. The number of ether oxygens (including phenoxy) is 2. The standard InChI is InChI=1S/C21H29N9O12P2/c22-10-4-13(30-8-26-14-17(23)27-21(25)28-19(14)30)40-11(10)6-38-43(34,35)42-44(36,37)39-7-12-15(31)16(32)20(41-12)29-3-1-2-9(5-29)18(24)33/h1-3,5,8,10-13,15-16,20,31-32H,4,6-7,22H2,(H7-,23,24,25,27,28,33,34,35,36,37)/p+1. The summed E-state index contributed by atoms with van der Waals surface area (Å²) in [6.45, 7) is -1.48. The molecule has 44 heavy (non-hydrogen) atoms. The zero-order chi connectivity index (χ0) is 32.0. The van der Waals surface area contributed by atoms with Crippen LogP contribution in [-0.2, 0) is 32.0 Å². The van der Waals surface area contributed by atoms with Crippen molar-refractivity contribution in [3.05, 3.63) is 36.4 Å². The number of anilines is 2. The van der Waals surface area contributed by atoms with E-state index in [0.717, 1.165) is 0 Å². The summed E-state index contributed by atoms with van der Waals surface area (Å²) in [6, 6.07) is 2.15. The molecule has 0 radical (unpaired) electrons. The van der Waals surface area contributed by atoms with Gasteiger partial charge in [0.05, 0.1) is 25.6 Å². The van der Waals surface area contributed by atoms with Crippen LogP contribution in [0.25, 0.3) is 11.2 Å². The van der Waals surface area contributed by atoms with Gasteiger partial charge in [-0.1, -0.05) is 0 Å². The number of nitrogens with zero attached hydrogens (tertiary/aromatic N) is 5. The number of carbonyl (C=O) groups excluding carboxylic acids is 1. The first-order valence-corrected chi connectivity index (χ1v) is 15.8. The fraction of sp³-hybridized carbons (Fsp3) is 0.476. The Morgan fingerprint density at radius 2 is 1.77 bits per heavy atom. The van der Waals surface area contributed by atoms with E-state index in [-0.39, 0.29) is 34.9 Å². The number of phosphoric ester groups is 2. The molecule has 9 atom stereocenters. The summed E-state index contributed by atoms with van der Waals surface area (Å²) in [4.78, 5) is 43.6. The number of rotatable bonds is 11. The molecule has 5 heterocycles. The van der Waals surface area contributed by atoms with Gasteiger partial charge in [-0.25, -0.2) is 14.1 Å². The summed E-state index contributed by atoms with van der Waals surface area (Å²) in [7, 11) is -10.5. The number of hydrogen-bond acceptors (Lipinski definition) is 16. The molecule has 3 aromatic heterocycles. The zero-order valence-electron chi connectivity index (χ0n) is 22.5. The fourth-order valence-electron chi connectivity index (χ4n) is 4.67. The number of amides is 1. The van der Waals surface area contributed by atoms with Gasteiger partial charge in [0.15, 0.2) is 30.0 Å². The largest absolute Gasteiger partial charge is 0.481 e. The lowest BCUT2D eigenvalue weighted by Gasteiger charge is -2.20. The first-order valence-electron chi connectivity index (χ1n) is 12.8. The topological polar surface area (TPSA) is 330 Å². The second-order valence-corrected chi connectivity index (χ2v) is 12.9. The number of phosphoric acid groups is 2. The molecule has 3 aromatic rings. The molecular formula is C21H30N9O12P2+. The van der Waals surface area contributed by atoms with E-state index in [9.17, 15) is 33.9 Å². The molecule has 2 saturated heterocycles. The van der Waals surface area contributed by atoms with E-state index in [4.69, 9.17) is 41.5 Å². The molecule has 0 saturated carbocycles. The molecule has 2 aliphatic rings. The van der Waals surface area contributed by atoms with E-state index in [2.05, 4.69) is 19.3 Å². The van der Waals surface area contributed by atoms with Crippen molar-refractivity contribution < 1.29 is 61.3 Å². The summed E-state index contributed by atoms with van der Waals surface area (Å²) in [5.41, 5.74) is 23.5. The van der Waals surface area contributed by atoms with Crippen LogP contribution < -0.4 is 27.5 Å². The first kappa shape index (κ1) is 32.2. The van der Waals surface area contributed by atoms with Crippen molar-refractivity contribution in [1.82, 2.24) is 19.5 Å². The van der Waals surface area contributed by atoms with Crippen molar-refractivity contribution in [3.63, 3.8) is 0 Å². The number of aliphatic hydroxyl groups excluding tert-OH is 2. The number of aromatic nitrogens is 5. The Kier molecular flexibility index (Phi) is 9.02. The van der Waals surface area contributed by atoms with Gasteiger partial charge in [0.1, 0.15) is 29.5 Å². The maximum Gasteiger partial charge on any atom is 0.481 e. The van der Waals surface area contributed by atoms with Gasteiger partial charge in [0, 0.05) is 18.5 Å². The van der Waals surface area contributed by atoms with E-state index >= 15 is 0 Å². The van der Waals surface area contributed by atoms with Crippen LogP contribution in [0.15, 0.2) is 30.9 Å². The predicted molar refractivity (Wildman–Crippen MR) is 144 cm³/mol. The van der Waals surface area contributed by atoms with Crippen molar-refractivity contribution in [3.8, 4) is 0 Å². The van der Waals surface area contributed by atoms with E-state index in [1.165, 1.54) is 40.0 Å². The summed E-state index contributed by atoms with van der Waals surface area (Å²) in [6.07, 6.45) is -3.22. The quantitative estimate of drug-likeness (QED) is 0.0780. The number of pyridine rings is 1. The highest BCUT2D eigenvalue weighted by Gasteiger charge is 2.49. The fourth-order valence-corrected chi connectivity index (χ4v) is 6.77. The molecule has 9 unspecified atom stereocenters. The van der Waals surface area contributed by atoms with Gasteiger partial charge < -0.3 is 52.4 Å². The highest BCUT2D eigenvalue weighted by Crippen LogP contribution is 2.60. The maximum atomic E-state index is 12.5. The third kappa shape index (κ3) is 6.89. The van der Waals surface area contributed by atoms with E-state index in [1.54, 1.807) is 0 Å². The zero-order valence-corrected chi connectivity index (χ0v) is 24.3. The van der Waals surface area contributed by atoms with Gasteiger partial charge in [-0.15, -0.1) is 0 Å². The Balaban J connectivity index is 1.15. The lowest BCUT2D eigenvalue weighted by atomic mass is 10.1. The minimum atomic E-state index is -5.29. The van der Waals surface area contributed by atoms with Gasteiger partial charge >= 0.3 is 15.6 Å². The average Bonchev–Trinajstić information content (AvgIpc) is 3.61. The number of fused-ring (bicyclic) bond motifs is 1. The number of primary amides is 1. The molecule has 2 aliphatic heterocycles. The third-order valence-electron chi connectivity index (χ3n) is 6.81. The van der Waals surface area contributed by atoms with Crippen molar-refractivity contribution in [2.24, 2.45) is 11.5 Å². The van der Waals surface area contributed by atoms with Crippen LogP contribution in [0.3, 0.4) is 0 Å². The van der Waals surface area contributed by atoms with Crippen LogP contribution in [0.2, 0.25) is 0 Å². The SMILES string of the molecule is NC(=O)c1ccc[n+](C2OC(COP(=O)(O)OP(=O)(O)OCC3OC(n4cnc5c(N)nc(N)nc54)CC3N)C(O)C2O)c1. The van der Waals surface area contributed by atoms with E-state index in [0.29, 0.717) is 0 Å². The van der Waals surface area contributed by atoms with Crippen LogP contribution in [0.4, 0.5) is 11.8 Å². The average molecular weight is 662 g/mol. The number of hydrogen-bond donors (Lipinski definition) is 8. The lowest BCUT2D eigenvalue weighted by Crippen LogP contribution is -2.46. The number of nitrogens with two attached hydrogens (primary N) is 4. The summed E-state index contributed by atoms with van der Waals surface area (Å²) in [5.74, 6) is -0.783. The predicted octanol–water partition coefficient (Wildman–Crippen LogP) is -2.44. The number of nitrogen functional groups attached to an aromatic ring is 2. The smallest absolute Gasteiger partial charge is 0.387 e. The van der Waals surface area contributed by atoms with E-state index < -0.39 is 77.7 Å². The van der Waals surface area contributed by atoms with Gasteiger partial charge in [-0.2, -0.15) is 18.8 Å². The minimum absolute atomic E-state index is 0.0568. The van der Waals surface area contributed by atoms with E-state index in [1.807, 2.05) is 0 Å². The monoisotopic (exact) mass is 662 g/mol. The van der Waals surface area contributed by atoms with Crippen LogP contribution in [0, 0.1) is 0 Å². The molecule has 0 spiro atoms. The van der Waals surface area contributed by atoms with Crippen LogP contribution >= 0.6 is 15.6 Å².